The van der Waals surface area contributed by atoms with Crippen molar-refractivity contribution in [3.63, 3.8) is 0 Å². The van der Waals surface area contributed by atoms with Crippen LogP contribution in [0.5, 0.6) is 0 Å². The van der Waals surface area contributed by atoms with Gasteiger partial charge in [0.15, 0.2) is 5.16 Å². The lowest BCUT2D eigenvalue weighted by atomic mass is 10.0. The molecule has 6 heteroatoms. The normalized spacial score (nSPS) is 11.7. The summed E-state index contributed by atoms with van der Waals surface area (Å²) in [6, 6.07) is 12.3. The first-order valence-electron chi connectivity index (χ1n) is 8.49. The van der Waals surface area contributed by atoms with Crippen LogP contribution in [0, 0.1) is 0 Å². The molecule has 0 aliphatic carbocycles. The van der Waals surface area contributed by atoms with Gasteiger partial charge in [0.25, 0.3) is 5.56 Å². The van der Waals surface area contributed by atoms with E-state index >= 15 is 0 Å². The number of thiophene rings is 1. The largest absolute Gasteiger partial charge is 0.282 e. The molecule has 0 spiro atoms. The van der Waals surface area contributed by atoms with E-state index in [-0.39, 0.29) is 5.56 Å². The Labute approximate surface area is 159 Å². The van der Waals surface area contributed by atoms with Crippen molar-refractivity contribution in [1.29, 1.82) is 0 Å². The molecule has 0 amide bonds. The number of hydrogen-bond acceptors (Lipinski definition) is 5. The van der Waals surface area contributed by atoms with Gasteiger partial charge in [-0.2, -0.15) is 0 Å². The van der Waals surface area contributed by atoms with Gasteiger partial charge < -0.3 is 0 Å². The zero-order valence-corrected chi connectivity index (χ0v) is 16.5. The predicted molar refractivity (Wildman–Crippen MR) is 111 cm³/mol. The highest BCUT2D eigenvalue weighted by Crippen LogP contribution is 2.30. The van der Waals surface area contributed by atoms with E-state index in [4.69, 9.17) is 4.98 Å². The van der Waals surface area contributed by atoms with Crippen LogP contribution in [0.3, 0.4) is 0 Å². The van der Waals surface area contributed by atoms with Crippen LogP contribution in [-0.4, -0.2) is 20.8 Å². The summed E-state index contributed by atoms with van der Waals surface area (Å²) in [5.41, 5.74) is 3.18. The van der Waals surface area contributed by atoms with Crippen LogP contribution in [0.15, 0.2) is 52.5 Å². The first kappa shape index (κ1) is 17.2. The van der Waals surface area contributed by atoms with E-state index < -0.39 is 0 Å². The second kappa shape index (κ2) is 6.85. The molecule has 3 aromatic heterocycles. The maximum Gasteiger partial charge on any atom is 0.272 e. The van der Waals surface area contributed by atoms with Crippen molar-refractivity contribution in [2.24, 2.45) is 0 Å². The summed E-state index contributed by atoms with van der Waals surface area (Å²) in [6.45, 7) is 4.88. The summed E-state index contributed by atoms with van der Waals surface area (Å²) in [4.78, 5) is 23.2. The number of thioether (sulfide) groups is 1. The maximum absolute atomic E-state index is 13.1. The fourth-order valence-corrected chi connectivity index (χ4v) is 4.61. The van der Waals surface area contributed by atoms with Crippen LogP contribution in [0.4, 0.5) is 0 Å². The molecule has 4 nitrogen and oxygen atoms in total. The van der Waals surface area contributed by atoms with Gasteiger partial charge in [-0.25, -0.2) is 9.97 Å². The van der Waals surface area contributed by atoms with Crippen LogP contribution < -0.4 is 5.56 Å². The fraction of sp³-hybridized carbons (Fsp3) is 0.250. The number of nitrogens with zero attached hydrogens (tertiary/aromatic N) is 3. The molecule has 0 unspecified atom stereocenters. The van der Waals surface area contributed by atoms with Crippen molar-refractivity contribution in [3.05, 3.63) is 64.1 Å². The molecular formula is C20H19N3OS2. The van der Waals surface area contributed by atoms with Gasteiger partial charge >= 0.3 is 0 Å². The molecule has 0 aliphatic heterocycles. The lowest BCUT2D eigenvalue weighted by molar-refractivity contribution is 0.660. The van der Waals surface area contributed by atoms with E-state index in [0.29, 0.717) is 17.2 Å². The Kier molecular flexibility index (Phi) is 4.54. The average Bonchev–Trinajstić information content (AvgIpc) is 3.03. The summed E-state index contributed by atoms with van der Waals surface area (Å²) in [5.74, 6) is 0.498. The molecule has 3 heterocycles. The predicted octanol–water partition coefficient (Wildman–Crippen LogP) is 4.90. The Bertz CT molecular complexity index is 1140. The molecule has 4 rings (SSSR count). The van der Waals surface area contributed by atoms with E-state index in [9.17, 15) is 4.79 Å². The number of rotatable bonds is 4. The number of fused-ring (bicyclic) bond motifs is 3. The average molecular weight is 382 g/mol. The maximum atomic E-state index is 13.1. The van der Waals surface area contributed by atoms with E-state index in [1.54, 1.807) is 10.8 Å². The Morgan fingerprint density at radius 3 is 2.65 bits per heavy atom. The molecule has 0 saturated heterocycles. The van der Waals surface area contributed by atoms with Crippen molar-refractivity contribution < 1.29 is 0 Å². The summed E-state index contributed by atoms with van der Waals surface area (Å²) < 4.78 is 2.45. The molecule has 0 fully saturated rings. The van der Waals surface area contributed by atoms with Crippen molar-refractivity contribution >= 4 is 43.5 Å². The van der Waals surface area contributed by atoms with Gasteiger partial charge in [-0.3, -0.25) is 9.36 Å². The SMILES string of the molecule is CSc1nc2c(sc3ncccc32)c(=O)n1Cc1ccc(C(C)C)cc1. The van der Waals surface area contributed by atoms with Gasteiger partial charge in [0.1, 0.15) is 9.53 Å². The quantitative estimate of drug-likeness (QED) is 0.373. The second-order valence-corrected chi connectivity index (χ2v) is 8.29. The number of benzene rings is 1. The molecule has 26 heavy (non-hydrogen) atoms. The summed E-state index contributed by atoms with van der Waals surface area (Å²) >= 11 is 2.92. The minimum absolute atomic E-state index is 0.00952. The van der Waals surface area contributed by atoms with Crippen LogP contribution in [0.1, 0.15) is 30.9 Å². The Morgan fingerprint density at radius 1 is 1.19 bits per heavy atom. The van der Waals surface area contributed by atoms with Crippen LogP contribution in [-0.2, 0) is 6.54 Å². The van der Waals surface area contributed by atoms with Gasteiger partial charge in [-0.15, -0.1) is 11.3 Å². The van der Waals surface area contributed by atoms with Gasteiger partial charge in [-0.1, -0.05) is 49.9 Å². The molecule has 0 radical (unpaired) electrons. The minimum Gasteiger partial charge on any atom is -0.282 e. The number of hydrogen-bond donors (Lipinski definition) is 0. The zero-order chi connectivity index (χ0) is 18.3. The van der Waals surface area contributed by atoms with Crippen molar-refractivity contribution in [3.8, 4) is 0 Å². The summed E-state index contributed by atoms with van der Waals surface area (Å²) in [7, 11) is 0. The molecule has 4 aromatic rings. The third-order valence-electron chi connectivity index (χ3n) is 4.49. The van der Waals surface area contributed by atoms with Crippen molar-refractivity contribution in [1.82, 2.24) is 14.5 Å². The lowest BCUT2D eigenvalue weighted by Crippen LogP contribution is -2.23. The molecular weight excluding hydrogens is 362 g/mol. The highest BCUT2D eigenvalue weighted by molar-refractivity contribution is 7.98. The first-order valence-corrected chi connectivity index (χ1v) is 10.5. The highest BCUT2D eigenvalue weighted by Gasteiger charge is 2.16. The standard InChI is InChI=1S/C20H19N3OS2/c1-12(2)14-8-6-13(7-9-14)11-23-19(24)17-16(22-20(23)25-3)15-5-4-10-21-18(15)26-17/h4-10,12H,11H2,1-3H3. The van der Waals surface area contributed by atoms with E-state index in [1.807, 2.05) is 18.4 Å². The Balaban J connectivity index is 1.84. The van der Waals surface area contributed by atoms with Crippen LogP contribution >= 0.6 is 23.1 Å². The Hall–Kier alpha value is -2.18. The molecule has 132 valence electrons. The van der Waals surface area contributed by atoms with Crippen molar-refractivity contribution in [2.45, 2.75) is 31.5 Å². The molecule has 1 aromatic carbocycles. The topological polar surface area (TPSA) is 47.8 Å². The van der Waals surface area contributed by atoms with E-state index in [0.717, 1.165) is 26.5 Å². The summed E-state index contributed by atoms with van der Waals surface area (Å²) in [6.07, 6.45) is 3.71. The zero-order valence-electron chi connectivity index (χ0n) is 14.9. The second-order valence-electron chi connectivity index (χ2n) is 6.52. The molecule has 0 aliphatic rings. The van der Waals surface area contributed by atoms with Gasteiger partial charge in [0, 0.05) is 11.6 Å². The van der Waals surface area contributed by atoms with Crippen LogP contribution in [0.2, 0.25) is 0 Å². The lowest BCUT2D eigenvalue weighted by Gasteiger charge is -2.12. The first-order chi connectivity index (χ1) is 12.6. The fourth-order valence-electron chi connectivity index (χ4n) is 3.03. The number of aromatic nitrogens is 3. The van der Waals surface area contributed by atoms with Gasteiger partial charge in [0.05, 0.1) is 12.1 Å². The van der Waals surface area contributed by atoms with Crippen LogP contribution in [0.25, 0.3) is 20.4 Å². The third kappa shape index (κ3) is 2.93. The third-order valence-corrected chi connectivity index (χ3v) is 6.26. The summed E-state index contributed by atoms with van der Waals surface area (Å²) in [5, 5.41) is 1.69. The molecule has 0 bridgehead atoms. The van der Waals surface area contributed by atoms with Gasteiger partial charge in [-0.05, 0) is 35.4 Å². The minimum atomic E-state index is 0.00952. The molecule has 0 saturated carbocycles. The van der Waals surface area contributed by atoms with Gasteiger partial charge in [0.2, 0.25) is 0 Å². The van der Waals surface area contributed by atoms with E-state index in [2.05, 4.69) is 43.1 Å². The molecule has 0 atom stereocenters. The Morgan fingerprint density at radius 2 is 1.96 bits per heavy atom. The van der Waals surface area contributed by atoms with E-state index in [1.165, 1.54) is 28.7 Å². The number of pyridine rings is 1. The smallest absolute Gasteiger partial charge is 0.272 e. The van der Waals surface area contributed by atoms with Crippen molar-refractivity contribution in [2.75, 3.05) is 6.26 Å². The molecule has 0 N–H and O–H groups in total. The monoisotopic (exact) mass is 381 g/mol. The highest BCUT2D eigenvalue weighted by atomic mass is 32.2.